The molecule has 0 N–H and O–H groups in total. The fourth-order valence-electron chi connectivity index (χ4n) is 9.23. The average Bonchev–Trinajstić information content (AvgIpc) is 3.94. The van der Waals surface area contributed by atoms with Crippen molar-refractivity contribution in [3.63, 3.8) is 0 Å². The Morgan fingerprint density at radius 2 is 0.932 bits per heavy atom. The van der Waals surface area contributed by atoms with E-state index in [2.05, 4.69) is 117 Å². The van der Waals surface area contributed by atoms with E-state index in [0.717, 1.165) is 71.7 Å². The molecular formula is C54H35N3O2. The molecule has 0 saturated carbocycles. The fourth-order valence-corrected chi connectivity index (χ4v) is 9.23. The molecule has 12 rings (SSSR count). The van der Waals surface area contributed by atoms with Crippen molar-refractivity contribution in [2.75, 3.05) is 0 Å². The smallest absolute Gasteiger partial charge is 0.167 e. The number of fused-ring (bicyclic) bond motifs is 9. The van der Waals surface area contributed by atoms with Gasteiger partial charge in [-0.25, -0.2) is 15.0 Å². The summed E-state index contributed by atoms with van der Waals surface area (Å²) in [6.45, 7) is 4.65. The van der Waals surface area contributed by atoms with Crippen molar-refractivity contribution in [2.45, 2.75) is 19.3 Å². The molecule has 0 saturated heterocycles. The van der Waals surface area contributed by atoms with Gasteiger partial charge in [0.05, 0.1) is 5.56 Å². The molecule has 8 aromatic carbocycles. The van der Waals surface area contributed by atoms with Crippen LogP contribution in [0.25, 0.3) is 111 Å². The molecule has 0 atom stereocenters. The van der Waals surface area contributed by atoms with E-state index in [1.807, 2.05) is 72.8 Å². The number of rotatable bonds is 5. The number of benzene rings is 8. The maximum Gasteiger partial charge on any atom is 0.167 e. The molecule has 0 spiro atoms. The van der Waals surface area contributed by atoms with Gasteiger partial charge in [-0.3, -0.25) is 0 Å². The SMILES string of the molecule is CC1(C)c2ccccc2-c2cc(-c3cccc(-c4ccc5oc6cccc(-c7nc(-c8ccccc8)nc(-c8cccc9c8oc8ccccc89)n7)c6c5c4)c3)ccc21. The Bertz CT molecular complexity index is 3480. The van der Waals surface area contributed by atoms with Crippen molar-refractivity contribution in [3.8, 4) is 67.5 Å². The topological polar surface area (TPSA) is 65.0 Å². The summed E-state index contributed by atoms with van der Waals surface area (Å²) in [7, 11) is 0. The molecule has 5 heteroatoms. The van der Waals surface area contributed by atoms with Gasteiger partial charge in [-0.1, -0.05) is 147 Å². The molecule has 3 heterocycles. The number of furan rings is 2. The maximum atomic E-state index is 6.52. The second-order valence-electron chi connectivity index (χ2n) is 16.0. The minimum atomic E-state index is -0.0253. The van der Waals surface area contributed by atoms with Crippen LogP contribution in [0.2, 0.25) is 0 Å². The van der Waals surface area contributed by atoms with Gasteiger partial charge in [0.2, 0.25) is 0 Å². The molecular weight excluding hydrogens is 723 g/mol. The van der Waals surface area contributed by atoms with E-state index in [4.69, 9.17) is 23.8 Å². The second kappa shape index (κ2) is 12.7. The van der Waals surface area contributed by atoms with Crippen LogP contribution in [-0.4, -0.2) is 15.0 Å². The van der Waals surface area contributed by atoms with Gasteiger partial charge in [-0.2, -0.15) is 0 Å². The molecule has 278 valence electrons. The highest BCUT2D eigenvalue weighted by atomic mass is 16.3. The van der Waals surface area contributed by atoms with Crippen LogP contribution >= 0.6 is 0 Å². The lowest BCUT2D eigenvalue weighted by Gasteiger charge is -2.21. The van der Waals surface area contributed by atoms with Gasteiger partial charge in [0.1, 0.15) is 22.3 Å². The highest BCUT2D eigenvalue weighted by molar-refractivity contribution is 6.13. The first-order valence-electron chi connectivity index (χ1n) is 20.0. The van der Waals surface area contributed by atoms with Crippen LogP contribution in [0.15, 0.2) is 185 Å². The molecule has 0 aliphatic heterocycles. The van der Waals surface area contributed by atoms with Crippen molar-refractivity contribution in [1.29, 1.82) is 0 Å². The highest BCUT2D eigenvalue weighted by Gasteiger charge is 2.35. The van der Waals surface area contributed by atoms with E-state index >= 15 is 0 Å². The molecule has 59 heavy (non-hydrogen) atoms. The molecule has 0 radical (unpaired) electrons. The van der Waals surface area contributed by atoms with E-state index in [9.17, 15) is 0 Å². The lowest BCUT2D eigenvalue weighted by Crippen LogP contribution is -2.14. The largest absolute Gasteiger partial charge is 0.456 e. The predicted octanol–water partition coefficient (Wildman–Crippen LogP) is 14.3. The summed E-state index contributed by atoms with van der Waals surface area (Å²) in [5, 5.41) is 4.03. The van der Waals surface area contributed by atoms with E-state index in [-0.39, 0.29) is 5.41 Å². The third-order valence-corrected chi connectivity index (χ3v) is 12.2. The van der Waals surface area contributed by atoms with Gasteiger partial charge in [-0.15, -0.1) is 0 Å². The molecule has 3 aromatic heterocycles. The minimum absolute atomic E-state index is 0.0253. The van der Waals surface area contributed by atoms with E-state index in [0.29, 0.717) is 17.5 Å². The zero-order valence-electron chi connectivity index (χ0n) is 32.4. The van der Waals surface area contributed by atoms with Crippen molar-refractivity contribution < 1.29 is 8.83 Å². The Morgan fingerprint density at radius 3 is 1.81 bits per heavy atom. The Labute approximate surface area is 340 Å². The molecule has 11 aromatic rings. The van der Waals surface area contributed by atoms with Crippen LogP contribution in [0, 0.1) is 0 Å². The molecule has 0 amide bonds. The molecule has 0 bridgehead atoms. The average molecular weight is 758 g/mol. The molecule has 1 aliphatic carbocycles. The Kier molecular flexibility index (Phi) is 7.20. The van der Waals surface area contributed by atoms with Crippen LogP contribution < -0.4 is 0 Å². The first kappa shape index (κ1) is 33.5. The molecule has 0 unspecified atom stereocenters. The van der Waals surface area contributed by atoms with Gasteiger partial charge in [0.15, 0.2) is 17.5 Å². The van der Waals surface area contributed by atoms with Crippen molar-refractivity contribution in [2.24, 2.45) is 0 Å². The number of hydrogen-bond donors (Lipinski definition) is 0. The van der Waals surface area contributed by atoms with Gasteiger partial charge in [0, 0.05) is 38.1 Å². The lowest BCUT2D eigenvalue weighted by molar-refractivity contribution is 0.660. The monoisotopic (exact) mass is 757 g/mol. The van der Waals surface area contributed by atoms with E-state index < -0.39 is 0 Å². The summed E-state index contributed by atoms with van der Waals surface area (Å²) in [5.74, 6) is 1.68. The van der Waals surface area contributed by atoms with Gasteiger partial charge >= 0.3 is 0 Å². The third kappa shape index (κ3) is 5.21. The van der Waals surface area contributed by atoms with E-state index in [1.54, 1.807) is 0 Å². The Balaban J connectivity index is 1.00. The summed E-state index contributed by atoms with van der Waals surface area (Å²) in [6, 6.07) is 61.5. The number of para-hydroxylation sites is 2. The number of hydrogen-bond acceptors (Lipinski definition) is 5. The molecule has 0 fully saturated rings. The normalized spacial score (nSPS) is 13.1. The Morgan fingerprint density at radius 1 is 0.356 bits per heavy atom. The standard InChI is InChI=1S/C54H35N3O2/c1-54(2)44-22-8-6-17-37(44)42-30-35(25-27-45(42)54)33-15-10-16-34(29-33)36-26-28-47-43(31-36)49-40(20-12-24-48(49)58-47)52-55-51(32-13-4-3-5-14-32)56-53(57-52)41-21-11-19-39-38-18-7-9-23-46(38)59-50(39)41/h3-31H,1-2H3. The zero-order chi connectivity index (χ0) is 39.2. The zero-order valence-corrected chi connectivity index (χ0v) is 32.4. The first-order valence-corrected chi connectivity index (χ1v) is 20.0. The van der Waals surface area contributed by atoms with Crippen LogP contribution in [0.4, 0.5) is 0 Å². The Hall–Kier alpha value is -7.63. The summed E-state index contributed by atoms with van der Waals surface area (Å²) in [4.78, 5) is 15.4. The van der Waals surface area contributed by atoms with Crippen LogP contribution in [-0.2, 0) is 5.41 Å². The van der Waals surface area contributed by atoms with Gasteiger partial charge in [0.25, 0.3) is 0 Å². The van der Waals surface area contributed by atoms with Crippen LogP contribution in [0.5, 0.6) is 0 Å². The summed E-state index contributed by atoms with van der Waals surface area (Å²) < 4.78 is 13.0. The second-order valence-corrected chi connectivity index (χ2v) is 16.0. The quantitative estimate of drug-likeness (QED) is 0.175. The lowest BCUT2D eigenvalue weighted by atomic mass is 9.82. The predicted molar refractivity (Wildman–Crippen MR) is 239 cm³/mol. The third-order valence-electron chi connectivity index (χ3n) is 12.2. The number of nitrogens with zero attached hydrogens (tertiary/aromatic N) is 3. The summed E-state index contributed by atoms with van der Waals surface area (Å²) in [6.07, 6.45) is 0. The van der Waals surface area contributed by atoms with Crippen molar-refractivity contribution in [1.82, 2.24) is 15.0 Å². The molecule has 1 aliphatic rings. The highest BCUT2D eigenvalue weighted by Crippen LogP contribution is 2.50. The molecule has 5 nitrogen and oxygen atoms in total. The summed E-state index contributed by atoms with van der Waals surface area (Å²) in [5.41, 5.74) is 15.7. The van der Waals surface area contributed by atoms with Crippen LogP contribution in [0.1, 0.15) is 25.0 Å². The van der Waals surface area contributed by atoms with E-state index in [1.165, 1.54) is 33.4 Å². The first-order chi connectivity index (χ1) is 29.0. The van der Waals surface area contributed by atoms with Crippen molar-refractivity contribution >= 4 is 43.9 Å². The fraction of sp³-hybridized carbons (Fsp3) is 0.0556. The van der Waals surface area contributed by atoms with Crippen molar-refractivity contribution in [3.05, 3.63) is 187 Å². The van der Waals surface area contributed by atoms with Gasteiger partial charge < -0.3 is 8.83 Å². The maximum absolute atomic E-state index is 6.52. The summed E-state index contributed by atoms with van der Waals surface area (Å²) >= 11 is 0. The van der Waals surface area contributed by atoms with Crippen LogP contribution in [0.3, 0.4) is 0 Å². The number of aromatic nitrogens is 3. The minimum Gasteiger partial charge on any atom is -0.456 e. The van der Waals surface area contributed by atoms with Gasteiger partial charge in [-0.05, 0) is 87.0 Å².